The molecule has 80 valence electrons. The van der Waals surface area contributed by atoms with Crippen LogP contribution >= 0.6 is 0 Å². The SMILES string of the molecule is Cc1ccc2c(c1)C(C(C)O)=CS2(=O)=O. The van der Waals surface area contributed by atoms with E-state index in [1.807, 2.05) is 6.92 Å². The van der Waals surface area contributed by atoms with Gasteiger partial charge in [-0.2, -0.15) is 0 Å². The maximum absolute atomic E-state index is 11.7. The van der Waals surface area contributed by atoms with E-state index < -0.39 is 15.9 Å². The largest absolute Gasteiger partial charge is 0.389 e. The number of rotatable bonds is 1. The van der Waals surface area contributed by atoms with Crippen LogP contribution in [0.15, 0.2) is 28.5 Å². The summed E-state index contributed by atoms with van der Waals surface area (Å²) in [5.41, 5.74) is 2.09. The van der Waals surface area contributed by atoms with Gasteiger partial charge in [-0.15, -0.1) is 0 Å². The Hall–Kier alpha value is -1.13. The zero-order valence-electron chi connectivity index (χ0n) is 8.56. The predicted octanol–water partition coefficient (Wildman–Crippen LogP) is 1.50. The second-order valence-electron chi connectivity index (χ2n) is 3.79. The third-order valence-corrected chi connectivity index (χ3v) is 4.02. The van der Waals surface area contributed by atoms with Crippen LogP contribution in [-0.2, 0) is 9.84 Å². The van der Waals surface area contributed by atoms with Gasteiger partial charge in [0.05, 0.1) is 11.0 Å². The minimum absolute atomic E-state index is 0.295. The van der Waals surface area contributed by atoms with E-state index >= 15 is 0 Å². The van der Waals surface area contributed by atoms with Gasteiger partial charge in [0.1, 0.15) is 0 Å². The first-order valence-corrected chi connectivity index (χ1v) is 6.22. The van der Waals surface area contributed by atoms with Crippen molar-refractivity contribution in [2.24, 2.45) is 0 Å². The molecule has 1 aliphatic rings. The number of sulfone groups is 1. The lowest BCUT2D eigenvalue weighted by Crippen LogP contribution is -2.01. The molecule has 0 aliphatic carbocycles. The predicted molar refractivity (Wildman–Crippen MR) is 58.0 cm³/mol. The quantitative estimate of drug-likeness (QED) is 0.786. The molecular weight excluding hydrogens is 212 g/mol. The number of aliphatic hydroxyl groups excluding tert-OH is 1. The van der Waals surface area contributed by atoms with Gasteiger partial charge in [0.25, 0.3) is 0 Å². The summed E-state index contributed by atoms with van der Waals surface area (Å²) in [7, 11) is -3.34. The van der Waals surface area contributed by atoms with Gasteiger partial charge < -0.3 is 5.11 Å². The van der Waals surface area contributed by atoms with E-state index in [9.17, 15) is 13.5 Å². The highest BCUT2D eigenvalue weighted by molar-refractivity contribution is 7.95. The fourth-order valence-electron chi connectivity index (χ4n) is 1.74. The Morgan fingerprint density at radius 3 is 2.60 bits per heavy atom. The molecule has 1 aliphatic heterocycles. The molecule has 1 aromatic carbocycles. The number of benzene rings is 1. The molecule has 1 unspecified atom stereocenters. The molecule has 3 nitrogen and oxygen atoms in total. The summed E-state index contributed by atoms with van der Waals surface area (Å²) in [4.78, 5) is 0.295. The van der Waals surface area contributed by atoms with Crippen molar-refractivity contribution < 1.29 is 13.5 Å². The van der Waals surface area contributed by atoms with Crippen molar-refractivity contribution in [2.75, 3.05) is 0 Å². The van der Waals surface area contributed by atoms with Gasteiger partial charge in [-0.3, -0.25) is 0 Å². The number of hydrogen-bond donors (Lipinski definition) is 1. The zero-order valence-corrected chi connectivity index (χ0v) is 9.38. The van der Waals surface area contributed by atoms with Crippen molar-refractivity contribution >= 4 is 15.4 Å². The standard InChI is InChI=1S/C11H12O3S/c1-7-3-4-11-9(5-7)10(8(2)12)6-15(11,13)14/h3-6,8,12H,1-2H3. The highest BCUT2D eigenvalue weighted by atomic mass is 32.2. The average molecular weight is 224 g/mol. The lowest BCUT2D eigenvalue weighted by atomic mass is 10.0. The Kier molecular flexibility index (Phi) is 2.20. The molecule has 1 N–H and O–H groups in total. The van der Waals surface area contributed by atoms with Crippen LogP contribution < -0.4 is 0 Å². The molecule has 0 saturated carbocycles. The number of hydrogen-bond acceptors (Lipinski definition) is 3. The van der Waals surface area contributed by atoms with Crippen LogP contribution in [0.1, 0.15) is 18.1 Å². The minimum Gasteiger partial charge on any atom is -0.389 e. The van der Waals surface area contributed by atoms with Crippen LogP contribution in [0.2, 0.25) is 0 Å². The van der Waals surface area contributed by atoms with Crippen molar-refractivity contribution in [1.82, 2.24) is 0 Å². The summed E-state index contributed by atoms with van der Waals surface area (Å²) < 4.78 is 23.4. The van der Waals surface area contributed by atoms with Crippen molar-refractivity contribution in [3.8, 4) is 0 Å². The Labute approximate surface area is 89.0 Å². The fourth-order valence-corrected chi connectivity index (χ4v) is 3.26. The van der Waals surface area contributed by atoms with Crippen molar-refractivity contribution in [2.45, 2.75) is 24.8 Å². The van der Waals surface area contributed by atoms with E-state index in [1.165, 1.54) is 0 Å². The lowest BCUT2D eigenvalue weighted by Gasteiger charge is -2.07. The zero-order chi connectivity index (χ0) is 11.2. The Morgan fingerprint density at radius 1 is 1.33 bits per heavy atom. The molecule has 0 radical (unpaired) electrons. The molecule has 1 heterocycles. The number of aliphatic hydroxyl groups is 1. The summed E-state index contributed by atoms with van der Waals surface area (Å²) in [5, 5.41) is 10.6. The molecular formula is C11H12O3S. The van der Waals surface area contributed by atoms with E-state index in [0.717, 1.165) is 11.0 Å². The monoisotopic (exact) mass is 224 g/mol. The maximum atomic E-state index is 11.7. The van der Waals surface area contributed by atoms with Crippen LogP contribution in [0.3, 0.4) is 0 Å². The normalized spacial score (nSPS) is 19.5. The van der Waals surface area contributed by atoms with Gasteiger partial charge >= 0.3 is 0 Å². The molecule has 1 aromatic rings. The van der Waals surface area contributed by atoms with E-state index in [0.29, 0.717) is 16.0 Å². The molecule has 4 heteroatoms. The van der Waals surface area contributed by atoms with Crippen molar-refractivity contribution in [3.63, 3.8) is 0 Å². The molecule has 0 amide bonds. The van der Waals surface area contributed by atoms with Gasteiger partial charge in [-0.1, -0.05) is 17.7 Å². The Morgan fingerprint density at radius 2 is 2.00 bits per heavy atom. The summed E-state index contributed by atoms with van der Waals surface area (Å²) >= 11 is 0. The number of aryl methyl sites for hydroxylation is 1. The third-order valence-electron chi connectivity index (χ3n) is 2.48. The highest BCUT2D eigenvalue weighted by Gasteiger charge is 2.28. The molecule has 2 rings (SSSR count). The molecule has 0 saturated heterocycles. The van der Waals surface area contributed by atoms with Crippen LogP contribution in [0, 0.1) is 6.92 Å². The van der Waals surface area contributed by atoms with Gasteiger partial charge in [0.2, 0.25) is 9.84 Å². The Bertz CT molecular complexity index is 539. The second-order valence-corrected chi connectivity index (χ2v) is 5.56. The van der Waals surface area contributed by atoms with Crippen molar-refractivity contribution in [3.05, 3.63) is 34.7 Å². The molecule has 0 spiro atoms. The summed E-state index contributed by atoms with van der Waals surface area (Å²) in [6.07, 6.45) is -0.761. The van der Waals surface area contributed by atoms with Gasteiger partial charge in [0.15, 0.2) is 0 Å². The van der Waals surface area contributed by atoms with E-state index in [2.05, 4.69) is 0 Å². The van der Waals surface area contributed by atoms with Crippen LogP contribution in [-0.4, -0.2) is 19.6 Å². The van der Waals surface area contributed by atoms with Crippen LogP contribution in [0.5, 0.6) is 0 Å². The summed E-state index contributed by atoms with van der Waals surface area (Å²) in [6.45, 7) is 3.46. The third kappa shape index (κ3) is 1.60. The van der Waals surface area contributed by atoms with Crippen molar-refractivity contribution in [1.29, 1.82) is 0 Å². The van der Waals surface area contributed by atoms with Gasteiger partial charge in [-0.05, 0) is 19.9 Å². The molecule has 0 fully saturated rings. The number of fused-ring (bicyclic) bond motifs is 1. The van der Waals surface area contributed by atoms with E-state index in [1.54, 1.807) is 25.1 Å². The van der Waals surface area contributed by atoms with E-state index in [4.69, 9.17) is 0 Å². The maximum Gasteiger partial charge on any atom is 0.200 e. The first-order valence-electron chi connectivity index (χ1n) is 4.67. The van der Waals surface area contributed by atoms with E-state index in [-0.39, 0.29) is 0 Å². The topological polar surface area (TPSA) is 54.4 Å². The fraction of sp³-hybridized carbons (Fsp3) is 0.273. The Balaban J connectivity index is 2.74. The lowest BCUT2D eigenvalue weighted by molar-refractivity contribution is 0.253. The highest BCUT2D eigenvalue weighted by Crippen LogP contribution is 2.35. The summed E-state index contributed by atoms with van der Waals surface area (Å²) in [5.74, 6) is 0. The average Bonchev–Trinajstić information content (AvgIpc) is 2.38. The second kappa shape index (κ2) is 3.18. The van der Waals surface area contributed by atoms with Crippen LogP contribution in [0.4, 0.5) is 0 Å². The van der Waals surface area contributed by atoms with Gasteiger partial charge in [-0.25, -0.2) is 8.42 Å². The first kappa shape index (κ1) is 10.4. The molecule has 15 heavy (non-hydrogen) atoms. The first-order chi connectivity index (χ1) is 6.92. The molecule has 1 atom stereocenters. The molecule has 0 aromatic heterocycles. The smallest absolute Gasteiger partial charge is 0.200 e. The minimum atomic E-state index is -3.34. The summed E-state index contributed by atoms with van der Waals surface area (Å²) in [6, 6.07) is 5.14. The van der Waals surface area contributed by atoms with Gasteiger partial charge in [0, 0.05) is 16.5 Å². The van der Waals surface area contributed by atoms with Crippen LogP contribution in [0.25, 0.3) is 5.57 Å². The molecule has 0 bridgehead atoms.